The number of fused-ring (bicyclic) bond motifs is 1. The van der Waals surface area contributed by atoms with Crippen LogP contribution < -0.4 is 5.32 Å². The van der Waals surface area contributed by atoms with Crippen LogP contribution in [0.4, 0.5) is 10.5 Å². The first-order chi connectivity index (χ1) is 11.4. The number of rotatable bonds is 3. The molecule has 1 fully saturated rings. The summed E-state index contributed by atoms with van der Waals surface area (Å²) in [5, 5.41) is 4.01. The van der Waals surface area contributed by atoms with E-state index in [0.717, 1.165) is 16.6 Å². The summed E-state index contributed by atoms with van der Waals surface area (Å²) < 4.78 is 27.2. The number of nitrogens with one attached hydrogen (secondary N) is 1. The molecule has 130 valence electrons. The van der Waals surface area contributed by atoms with E-state index in [1.807, 2.05) is 42.1 Å². The molecule has 0 spiro atoms. The van der Waals surface area contributed by atoms with Crippen molar-refractivity contribution < 1.29 is 13.2 Å². The topological polar surface area (TPSA) is 74.7 Å². The van der Waals surface area contributed by atoms with E-state index >= 15 is 0 Å². The van der Waals surface area contributed by atoms with Gasteiger partial charge in [0.1, 0.15) is 0 Å². The van der Waals surface area contributed by atoms with Crippen LogP contribution in [0.1, 0.15) is 6.92 Å². The number of nitrogens with zero attached hydrogens (tertiary/aromatic N) is 3. The largest absolute Gasteiger partial charge is 0.349 e. The molecule has 8 heteroatoms. The minimum absolute atomic E-state index is 0.0919. The molecule has 1 aliphatic heterocycles. The SMILES string of the molecule is CCS(=O)(=O)N1CCN(C(=O)Nc2cccc3ccn(C)c23)CC1. The fourth-order valence-electron chi connectivity index (χ4n) is 3.00. The number of hydrogen-bond acceptors (Lipinski definition) is 3. The molecule has 0 atom stereocenters. The van der Waals surface area contributed by atoms with E-state index in [9.17, 15) is 13.2 Å². The Labute approximate surface area is 141 Å². The van der Waals surface area contributed by atoms with Crippen LogP contribution in [0.25, 0.3) is 10.9 Å². The lowest BCUT2D eigenvalue weighted by Gasteiger charge is -2.33. The molecule has 0 radical (unpaired) electrons. The standard InChI is InChI=1S/C16H22N4O3S/c1-3-24(22,23)20-11-9-19(10-12-20)16(21)17-14-6-4-5-13-7-8-18(2)15(13)14/h4-8H,3,9-12H2,1-2H3,(H,17,21). The Kier molecular flexibility index (Phi) is 4.51. The first-order valence-electron chi connectivity index (χ1n) is 8.00. The fourth-order valence-corrected chi connectivity index (χ4v) is 4.09. The summed E-state index contributed by atoms with van der Waals surface area (Å²) in [6, 6.07) is 7.58. The Morgan fingerprint density at radius 3 is 2.54 bits per heavy atom. The van der Waals surface area contributed by atoms with Crippen molar-refractivity contribution in [2.45, 2.75) is 6.92 Å². The maximum Gasteiger partial charge on any atom is 0.321 e. The van der Waals surface area contributed by atoms with Gasteiger partial charge in [0.15, 0.2) is 0 Å². The molecule has 24 heavy (non-hydrogen) atoms. The number of aryl methyl sites for hydroxylation is 1. The second-order valence-electron chi connectivity index (χ2n) is 5.89. The Hall–Kier alpha value is -2.06. The lowest BCUT2D eigenvalue weighted by molar-refractivity contribution is 0.184. The Morgan fingerprint density at radius 1 is 1.17 bits per heavy atom. The molecule has 0 bridgehead atoms. The summed E-state index contributed by atoms with van der Waals surface area (Å²) in [6.07, 6.45) is 1.95. The van der Waals surface area contributed by atoms with Crippen molar-refractivity contribution in [2.24, 2.45) is 7.05 Å². The molecule has 1 aromatic heterocycles. The smallest absolute Gasteiger partial charge is 0.321 e. The second-order valence-corrected chi connectivity index (χ2v) is 8.14. The maximum atomic E-state index is 12.5. The number of urea groups is 1. The van der Waals surface area contributed by atoms with Crippen LogP contribution in [0.3, 0.4) is 0 Å². The molecule has 7 nitrogen and oxygen atoms in total. The van der Waals surface area contributed by atoms with Crippen LogP contribution >= 0.6 is 0 Å². The Bertz CT molecular complexity index is 851. The van der Waals surface area contributed by atoms with Gasteiger partial charge in [0.25, 0.3) is 0 Å². The van der Waals surface area contributed by atoms with E-state index in [1.165, 1.54) is 4.31 Å². The number of sulfonamides is 1. The molecular formula is C16H22N4O3S. The molecule has 1 aromatic carbocycles. The van der Waals surface area contributed by atoms with Gasteiger partial charge in [0.2, 0.25) is 10.0 Å². The molecular weight excluding hydrogens is 328 g/mol. The zero-order valence-electron chi connectivity index (χ0n) is 13.9. The summed E-state index contributed by atoms with van der Waals surface area (Å²) in [5.41, 5.74) is 1.73. The summed E-state index contributed by atoms with van der Waals surface area (Å²) in [4.78, 5) is 14.2. The van der Waals surface area contributed by atoms with Gasteiger partial charge in [-0.3, -0.25) is 0 Å². The molecule has 0 saturated carbocycles. The normalized spacial score (nSPS) is 16.5. The van der Waals surface area contributed by atoms with Gasteiger partial charge in [0, 0.05) is 44.8 Å². The zero-order valence-corrected chi connectivity index (χ0v) is 14.7. The Morgan fingerprint density at radius 2 is 1.88 bits per heavy atom. The lowest BCUT2D eigenvalue weighted by atomic mass is 10.2. The van der Waals surface area contributed by atoms with E-state index in [4.69, 9.17) is 0 Å². The van der Waals surface area contributed by atoms with Crippen LogP contribution in [0.5, 0.6) is 0 Å². The van der Waals surface area contributed by atoms with Gasteiger partial charge in [0.05, 0.1) is 17.0 Å². The number of hydrogen-bond donors (Lipinski definition) is 1. The van der Waals surface area contributed by atoms with Crippen molar-refractivity contribution in [2.75, 3.05) is 37.2 Å². The minimum Gasteiger partial charge on any atom is -0.349 e. The van der Waals surface area contributed by atoms with E-state index in [-0.39, 0.29) is 11.8 Å². The van der Waals surface area contributed by atoms with Crippen LogP contribution in [0.2, 0.25) is 0 Å². The molecule has 3 rings (SSSR count). The molecule has 2 amide bonds. The highest BCUT2D eigenvalue weighted by Gasteiger charge is 2.27. The van der Waals surface area contributed by atoms with E-state index < -0.39 is 10.0 Å². The zero-order chi connectivity index (χ0) is 17.3. The molecule has 2 heterocycles. The maximum absolute atomic E-state index is 12.5. The summed E-state index contributed by atoms with van der Waals surface area (Å²) >= 11 is 0. The van der Waals surface area contributed by atoms with Crippen molar-refractivity contribution in [1.29, 1.82) is 0 Å². The number of anilines is 1. The lowest BCUT2D eigenvalue weighted by Crippen LogP contribution is -2.51. The van der Waals surface area contributed by atoms with Gasteiger partial charge < -0.3 is 14.8 Å². The van der Waals surface area contributed by atoms with Crippen LogP contribution in [-0.4, -0.2) is 60.2 Å². The van der Waals surface area contributed by atoms with Gasteiger partial charge in [-0.1, -0.05) is 12.1 Å². The number of aromatic nitrogens is 1. The molecule has 0 aliphatic carbocycles. The van der Waals surface area contributed by atoms with E-state index in [0.29, 0.717) is 26.2 Å². The van der Waals surface area contributed by atoms with Crippen molar-refractivity contribution in [3.8, 4) is 0 Å². The van der Waals surface area contributed by atoms with Gasteiger partial charge >= 0.3 is 6.03 Å². The monoisotopic (exact) mass is 350 g/mol. The molecule has 1 saturated heterocycles. The number of piperazine rings is 1. The van der Waals surface area contributed by atoms with Crippen LogP contribution in [-0.2, 0) is 17.1 Å². The first kappa shape index (κ1) is 16.8. The summed E-state index contributed by atoms with van der Waals surface area (Å²) in [7, 11) is -1.25. The van der Waals surface area contributed by atoms with Gasteiger partial charge in [-0.05, 0) is 19.1 Å². The predicted molar refractivity (Wildman–Crippen MR) is 94.5 cm³/mol. The average molecular weight is 350 g/mol. The van der Waals surface area contributed by atoms with Crippen molar-refractivity contribution >= 4 is 32.6 Å². The van der Waals surface area contributed by atoms with Crippen molar-refractivity contribution in [3.63, 3.8) is 0 Å². The molecule has 1 aliphatic rings. The third-order valence-electron chi connectivity index (χ3n) is 4.42. The minimum atomic E-state index is -3.18. The second kappa shape index (κ2) is 6.45. The van der Waals surface area contributed by atoms with E-state index in [1.54, 1.807) is 11.8 Å². The highest BCUT2D eigenvalue weighted by molar-refractivity contribution is 7.89. The highest BCUT2D eigenvalue weighted by atomic mass is 32.2. The average Bonchev–Trinajstić information content (AvgIpc) is 2.97. The first-order valence-corrected chi connectivity index (χ1v) is 9.61. The van der Waals surface area contributed by atoms with Crippen molar-refractivity contribution in [3.05, 3.63) is 30.5 Å². The number of para-hydroxylation sites is 1. The third kappa shape index (κ3) is 3.11. The van der Waals surface area contributed by atoms with E-state index in [2.05, 4.69) is 5.32 Å². The van der Waals surface area contributed by atoms with Crippen LogP contribution in [0.15, 0.2) is 30.5 Å². The van der Waals surface area contributed by atoms with Gasteiger partial charge in [-0.15, -0.1) is 0 Å². The molecule has 2 aromatic rings. The number of carbonyl (C=O) groups is 1. The predicted octanol–water partition coefficient (Wildman–Crippen LogP) is 1.68. The van der Waals surface area contributed by atoms with Gasteiger partial charge in [-0.25, -0.2) is 13.2 Å². The number of amides is 2. The summed E-state index contributed by atoms with van der Waals surface area (Å²) in [5.74, 6) is 0.0919. The van der Waals surface area contributed by atoms with Crippen LogP contribution in [0, 0.1) is 0 Å². The molecule has 0 unspecified atom stereocenters. The number of carbonyl (C=O) groups excluding carboxylic acids is 1. The number of benzene rings is 1. The Balaban J connectivity index is 1.69. The molecule has 1 N–H and O–H groups in total. The third-order valence-corrected chi connectivity index (χ3v) is 6.30. The summed E-state index contributed by atoms with van der Waals surface area (Å²) in [6.45, 7) is 3.12. The fraction of sp³-hybridized carbons (Fsp3) is 0.438. The van der Waals surface area contributed by atoms with Gasteiger partial charge in [-0.2, -0.15) is 4.31 Å². The van der Waals surface area contributed by atoms with Crippen molar-refractivity contribution in [1.82, 2.24) is 13.8 Å². The quantitative estimate of drug-likeness (QED) is 0.915. The highest BCUT2D eigenvalue weighted by Crippen LogP contribution is 2.24.